The monoisotopic (exact) mass is 452 g/mol. The van der Waals surface area contributed by atoms with E-state index in [1.165, 1.54) is 11.8 Å². The van der Waals surface area contributed by atoms with Crippen molar-refractivity contribution < 1.29 is 23.9 Å². The molecule has 1 aliphatic heterocycles. The molecule has 0 aliphatic carbocycles. The van der Waals surface area contributed by atoms with Crippen LogP contribution in [0, 0.1) is 0 Å². The number of hydrogen-bond donors (Lipinski definition) is 1. The molecule has 3 amide bonds. The number of benzene rings is 1. The summed E-state index contributed by atoms with van der Waals surface area (Å²) >= 11 is 0. The molecule has 2 heterocycles. The molecule has 1 aliphatic rings. The van der Waals surface area contributed by atoms with Gasteiger partial charge in [-0.05, 0) is 29.3 Å². The topological polar surface area (TPSA) is 101 Å². The lowest BCUT2D eigenvalue weighted by molar-refractivity contribution is -0.138. The van der Waals surface area contributed by atoms with Crippen LogP contribution in [0.2, 0.25) is 0 Å². The van der Waals surface area contributed by atoms with Crippen molar-refractivity contribution in [3.63, 3.8) is 0 Å². The Morgan fingerprint density at radius 1 is 1.03 bits per heavy atom. The van der Waals surface area contributed by atoms with Crippen LogP contribution < -0.4 is 5.32 Å². The van der Waals surface area contributed by atoms with Crippen LogP contribution in [0.5, 0.6) is 0 Å². The largest absolute Gasteiger partial charge is 0.383 e. The minimum Gasteiger partial charge on any atom is -0.383 e. The smallest absolute Gasteiger partial charge is 0.278 e. The minimum atomic E-state index is -0.383. The van der Waals surface area contributed by atoms with Gasteiger partial charge in [0.1, 0.15) is 5.70 Å². The number of nitrogens with zero attached hydrogens (tertiary/aromatic N) is 3. The zero-order chi connectivity index (χ0) is 23.8. The van der Waals surface area contributed by atoms with E-state index in [1.54, 1.807) is 56.9 Å². The maximum Gasteiger partial charge on any atom is 0.278 e. The molecule has 2 aromatic rings. The number of rotatable bonds is 11. The molecule has 1 N–H and O–H groups in total. The molecule has 3 rings (SSSR count). The second kappa shape index (κ2) is 11.3. The Hall–Kier alpha value is -3.56. The predicted octanol–water partition coefficient (Wildman–Crippen LogP) is 1.91. The highest BCUT2D eigenvalue weighted by atomic mass is 16.5. The van der Waals surface area contributed by atoms with Gasteiger partial charge in [0, 0.05) is 52.3 Å². The summed E-state index contributed by atoms with van der Waals surface area (Å²) in [6.07, 6.45) is 3.27. The lowest BCUT2D eigenvalue weighted by Crippen LogP contribution is -2.37. The number of nitrogens with one attached hydrogen (secondary N) is 1. The van der Waals surface area contributed by atoms with Crippen LogP contribution in [0.3, 0.4) is 0 Å². The van der Waals surface area contributed by atoms with E-state index in [0.717, 1.165) is 5.56 Å². The summed E-state index contributed by atoms with van der Waals surface area (Å²) in [5.74, 6) is -0.953. The van der Waals surface area contributed by atoms with E-state index in [1.807, 2.05) is 11.0 Å². The summed E-state index contributed by atoms with van der Waals surface area (Å²) in [5.41, 5.74) is 2.57. The zero-order valence-corrected chi connectivity index (χ0v) is 19.0. The summed E-state index contributed by atoms with van der Waals surface area (Å²) < 4.78 is 10.5. The van der Waals surface area contributed by atoms with E-state index in [4.69, 9.17) is 9.47 Å². The number of amides is 3. The molecule has 1 aromatic heterocycles. The number of hydrogen-bond acceptors (Lipinski definition) is 7. The van der Waals surface area contributed by atoms with Gasteiger partial charge in [0.25, 0.3) is 11.8 Å². The van der Waals surface area contributed by atoms with Crippen LogP contribution in [0.1, 0.15) is 18.1 Å². The van der Waals surface area contributed by atoms with Crippen LogP contribution in [-0.4, -0.2) is 73.0 Å². The van der Waals surface area contributed by atoms with Gasteiger partial charge in [-0.25, -0.2) is 0 Å². The highest BCUT2D eigenvalue weighted by Gasteiger charge is 2.41. The lowest BCUT2D eigenvalue weighted by atomic mass is 10.0. The summed E-state index contributed by atoms with van der Waals surface area (Å²) in [6.45, 7) is 3.14. The third-order valence-electron chi connectivity index (χ3n) is 5.15. The van der Waals surface area contributed by atoms with Gasteiger partial charge >= 0.3 is 0 Å². The van der Waals surface area contributed by atoms with E-state index in [9.17, 15) is 14.4 Å². The zero-order valence-electron chi connectivity index (χ0n) is 19.0. The van der Waals surface area contributed by atoms with Crippen LogP contribution in [0.15, 0.2) is 54.5 Å². The van der Waals surface area contributed by atoms with Crippen molar-refractivity contribution in [2.45, 2.75) is 13.5 Å². The normalized spacial score (nSPS) is 13.6. The van der Waals surface area contributed by atoms with Crippen molar-refractivity contribution in [1.29, 1.82) is 0 Å². The third kappa shape index (κ3) is 5.82. The number of carbonyl (C=O) groups is 3. The van der Waals surface area contributed by atoms with Gasteiger partial charge in [0.2, 0.25) is 5.91 Å². The van der Waals surface area contributed by atoms with E-state index >= 15 is 0 Å². The van der Waals surface area contributed by atoms with Crippen molar-refractivity contribution in [3.8, 4) is 0 Å². The Labute approximate surface area is 193 Å². The molecule has 0 saturated heterocycles. The summed E-state index contributed by atoms with van der Waals surface area (Å²) in [5, 5.41) is 2.71. The first kappa shape index (κ1) is 24.1. The lowest BCUT2D eigenvalue weighted by Gasteiger charge is -2.25. The van der Waals surface area contributed by atoms with Gasteiger partial charge in [-0.2, -0.15) is 0 Å². The molecule has 0 saturated carbocycles. The number of carbonyl (C=O) groups excluding carboxylic acids is 3. The van der Waals surface area contributed by atoms with Gasteiger partial charge in [-0.3, -0.25) is 24.3 Å². The number of ether oxygens (including phenoxy) is 2. The molecule has 0 unspecified atom stereocenters. The average molecular weight is 453 g/mol. The third-order valence-corrected chi connectivity index (χ3v) is 5.15. The number of anilines is 1. The standard InChI is InChI=1S/C24H28N4O5/c1-17(29)26-20-8-6-19(7-9-20)21-22(27(11-13-32-2)12-14-33-3)24(31)28(23(21)30)16-18-5-4-10-25-15-18/h4-10,15H,11-14,16H2,1-3H3,(H,26,29). The SMILES string of the molecule is COCCN(CCOC)C1=C(c2ccc(NC(C)=O)cc2)C(=O)N(Cc2cccnc2)C1=O. The fourth-order valence-corrected chi connectivity index (χ4v) is 3.60. The molecule has 0 atom stereocenters. The van der Waals surface area contributed by atoms with Crippen LogP contribution in [0.4, 0.5) is 5.69 Å². The van der Waals surface area contributed by atoms with Crippen molar-refractivity contribution in [2.24, 2.45) is 0 Å². The Morgan fingerprint density at radius 3 is 2.24 bits per heavy atom. The summed E-state index contributed by atoms with van der Waals surface area (Å²) in [6, 6.07) is 10.4. The Kier molecular flexibility index (Phi) is 8.28. The summed E-state index contributed by atoms with van der Waals surface area (Å²) in [7, 11) is 3.17. The molecular formula is C24H28N4O5. The highest BCUT2D eigenvalue weighted by Crippen LogP contribution is 2.33. The van der Waals surface area contributed by atoms with Crippen LogP contribution >= 0.6 is 0 Å². The van der Waals surface area contributed by atoms with E-state index in [2.05, 4.69) is 10.3 Å². The molecular weight excluding hydrogens is 424 g/mol. The second-order valence-electron chi connectivity index (χ2n) is 7.51. The van der Waals surface area contributed by atoms with Gasteiger partial charge < -0.3 is 19.7 Å². The van der Waals surface area contributed by atoms with Crippen molar-refractivity contribution in [3.05, 3.63) is 65.6 Å². The second-order valence-corrected chi connectivity index (χ2v) is 7.51. The molecule has 33 heavy (non-hydrogen) atoms. The fraction of sp³-hybridized carbons (Fsp3) is 0.333. The molecule has 9 nitrogen and oxygen atoms in total. The Balaban J connectivity index is 2.02. The van der Waals surface area contributed by atoms with E-state index in [0.29, 0.717) is 48.8 Å². The minimum absolute atomic E-state index is 0.116. The van der Waals surface area contributed by atoms with Crippen molar-refractivity contribution >= 4 is 29.0 Å². The first-order valence-electron chi connectivity index (χ1n) is 10.6. The predicted molar refractivity (Wildman–Crippen MR) is 123 cm³/mol. The quantitative estimate of drug-likeness (QED) is 0.520. The molecule has 174 valence electrons. The molecule has 0 spiro atoms. The number of methoxy groups -OCH3 is 2. The van der Waals surface area contributed by atoms with E-state index in [-0.39, 0.29) is 24.3 Å². The van der Waals surface area contributed by atoms with Gasteiger partial charge in [-0.15, -0.1) is 0 Å². The average Bonchev–Trinajstić information content (AvgIpc) is 3.05. The van der Waals surface area contributed by atoms with Crippen LogP contribution in [-0.2, 0) is 30.4 Å². The molecule has 0 radical (unpaired) electrons. The Bertz CT molecular complexity index is 1010. The van der Waals surface area contributed by atoms with Crippen molar-refractivity contribution in [1.82, 2.24) is 14.8 Å². The fourth-order valence-electron chi connectivity index (χ4n) is 3.60. The highest BCUT2D eigenvalue weighted by molar-refractivity contribution is 6.35. The van der Waals surface area contributed by atoms with Gasteiger partial charge in [0.05, 0.1) is 25.3 Å². The summed E-state index contributed by atoms with van der Waals surface area (Å²) in [4.78, 5) is 45.5. The number of pyridine rings is 1. The number of imide groups is 1. The van der Waals surface area contributed by atoms with E-state index < -0.39 is 0 Å². The molecule has 9 heteroatoms. The van der Waals surface area contributed by atoms with Crippen LogP contribution in [0.25, 0.3) is 5.57 Å². The first-order chi connectivity index (χ1) is 16.0. The molecule has 0 fully saturated rings. The maximum absolute atomic E-state index is 13.5. The maximum atomic E-state index is 13.5. The van der Waals surface area contributed by atoms with Gasteiger partial charge in [0.15, 0.2) is 0 Å². The molecule has 1 aromatic carbocycles. The Morgan fingerprint density at radius 2 is 1.70 bits per heavy atom. The molecule has 0 bridgehead atoms. The number of aromatic nitrogens is 1. The van der Waals surface area contributed by atoms with Crippen molar-refractivity contribution in [2.75, 3.05) is 45.8 Å². The van der Waals surface area contributed by atoms with Gasteiger partial charge in [-0.1, -0.05) is 18.2 Å². The first-order valence-corrected chi connectivity index (χ1v) is 10.6.